The van der Waals surface area contributed by atoms with Gasteiger partial charge in [0, 0.05) is 66.6 Å². The minimum Gasteiger partial charge on any atom is -0.369 e. The van der Waals surface area contributed by atoms with Gasteiger partial charge in [-0.15, -0.1) is 0 Å². The molecule has 0 bridgehead atoms. The number of hydrogen-bond acceptors (Lipinski definition) is 7. The first-order valence-electron chi connectivity index (χ1n) is 11.7. The molecule has 2 aromatic carbocycles. The van der Waals surface area contributed by atoms with Crippen LogP contribution in [0.25, 0.3) is 0 Å². The maximum absolute atomic E-state index is 12.0. The fourth-order valence-electron chi connectivity index (χ4n) is 3.68. The third-order valence-electron chi connectivity index (χ3n) is 5.88. The number of anilines is 6. The largest absolute Gasteiger partial charge is 0.369 e. The van der Waals surface area contributed by atoms with E-state index in [0.717, 1.165) is 48.8 Å². The summed E-state index contributed by atoms with van der Waals surface area (Å²) in [7, 11) is 2.16. The lowest BCUT2D eigenvalue weighted by Gasteiger charge is -2.34. The zero-order chi connectivity index (χ0) is 24.1. The standard InChI is InChI=1S/C26H33N7O/c1-18(2)25(34)29-22-7-5-6-21(16-22)28-24-19(3)17-27-26(31-24)30-20-8-10-23(11-9-20)33-14-12-32(4)13-15-33/h5-11,16-18H,12-15H2,1-4H3,(H,29,34)(H2,27,28,30,31). The highest BCUT2D eigenvalue weighted by atomic mass is 16.1. The van der Waals surface area contributed by atoms with Gasteiger partial charge in [0.15, 0.2) is 0 Å². The molecule has 1 saturated heterocycles. The quantitative estimate of drug-likeness (QED) is 0.475. The first-order valence-corrected chi connectivity index (χ1v) is 11.7. The predicted molar refractivity (Wildman–Crippen MR) is 139 cm³/mol. The van der Waals surface area contributed by atoms with E-state index in [9.17, 15) is 4.79 Å². The molecule has 178 valence electrons. The molecule has 0 unspecified atom stereocenters. The number of aromatic nitrogens is 2. The number of hydrogen-bond donors (Lipinski definition) is 3. The number of likely N-dealkylation sites (N-methyl/N-ethyl adjacent to an activating group) is 1. The summed E-state index contributed by atoms with van der Waals surface area (Å²) < 4.78 is 0. The summed E-state index contributed by atoms with van der Waals surface area (Å²) in [5.41, 5.74) is 4.67. The highest BCUT2D eigenvalue weighted by molar-refractivity contribution is 5.92. The number of carbonyl (C=O) groups excluding carboxylic acids is 1. The van der Waals surface area contributed by atoms with Crippen LogP contribution in [0.1, 0.15) is 19.4 Å². The Morgan fingerprint density at radius 1 is 0.941 bits per heavy atom. The van der Waals surface area contributed by atoms with E-state index >= 15 is 0 Å². The number of benzene rings is 2. The van der Waals surface area contributed by atoms with Crippen LogP contribution in [0.4, 0.5) is 34.5 Å². The van der Waals surface area contributed by atoms with Gasteiger partial charge >= 0.3 is 0 Å². The first kappa shape index (κ1) is 23.5. The summed E-state index contributed by atoms with van der Waals surface area (Å²) in [5, 5.41) is 9.57. The molecule has 1 aliphatic rings. The molecule has 8 nitrogen and oxygen atoms in total. The van der Waals surface area contributed by atoms with E-state index in [1.54, 1.807) is 6.20 Å². The van der Waals surface area contributed by atoms with Crippen molar-refractivity contribution in [3.8, 4) is 0 Å². The van der Waals surface area contributed by atoms with Crippen molar-refractivity contribution < 1.29 is 4.79 Å². The molecule has 1 fully saturated rings. The maximum Gasteiger partial charge on any atom is 0.229 e. The number of amides is 1. The highest BCUT2D eigenvalue weighted by Crippen LogP contribution is 2.24. The smallest absolute Gasteiger partial charge is 0.229 e. The third-order valence-corrected chi connectivity index (χ3v) is 5.88. The van der Waals surface area contributed by atoms with Gasteiger partial charge in [-0.1, -0.05) is 19.9 Å². The van der Waals surface area contributed by atoms with E-state index < -0.39 is 0 Å². The minimum atomic E-state index is -0.0787. The van der Waals surface area contributed by atoms with Crippen molar-refractivity contribution in [3.05, 3.63) is 60.3 Å². The molecule has 0 aliphatic carbocycles. The van der Waals surface area contributed by atoms with Gasteiger partial charge in [0.2, 0.25) is 11.9 Å². The summed E-state index contributed by atoms with van der Waals surface area (Å²) >= 11 is 0. The number of nitrogens with one attached hydrogen (secondary N) is 3. The van der Waals surface area contributed by atoms with Gasteiger partial charge in [0.05, 0.1) is 0 Å². The third kappa shape index (κ3) is 6.02. The number of carbonyl (C=O) groups is 1. The zero-order valence-corrected chi connectivity index (χ0v) is 20.3. The first-order chi connectivity index (χ1) is 16.4. The summed E-state index contributed by atoms with van der Waals surface area (Å²) in [6, 6.07) is 16.0. The highest BCUT2D eigenvalue weighted by Gasteiger charge is 2.14. The van der Waals surface area contributed by atoms with Gasteiger partial charge in [0.25, 0.3) is 0 Å². The van der Waals surface area contributed by atoms with E-state index in [1.807, 2.05) is 45.0 Å². The van der Waals surface area contributed by atoms with Crippen molar-refractivity contribution in [3.63, 3.8) is 0 Å². The lowest BCUT2D eigenvalue weighted by atomic mass is 10.2. The number of aryl methyl sites for hydroxylation is 1. The molecule has 2 heterocycles. The lowest BCUT2D eigenvalue weighted by Crippen LogP contribution is -2.44. The van der Waals surface area contributed by atoms with E-state index in [0.29, 0.717) is 11.8 Å². The van der Waals surface area contributed by atoms with E-state index in [1.165, 1.54) is 5.69 Å². The topological polar surface area (TPSA) is 85.4 Å². The Labute approximate surface area is 201 Å². The van der Waals surface area contributed by atoms with E-state index in [-0.39, 0.29) is 11.8 Å². The summed E-state index contributed by atoms with van der Waals surface area (Å²) in [5.74, 6) is 1.13. The molecule has 1 amide bonds. The van der Waals surface area contributed by atoms with Gasteiger partial charge in [-0.05, 0) is 56.4 Å². The predicted octanol–water partition coefficient (Wildman–Crippen LogP) is 4.62. The fourth-order valence-corrected chi connectivity index (χ4v) is 3.68. The van der Waals surface area contributed by atoms with Crippen molar-refractivity contribution >= 4 is 40.4 Å². The molecule has 34 heavy (non-hydrogen) atoms. The molecule has 0 saturated carbocycles. The van der Waals surface area contributed by atoms with Gasteiger partial charge < -0.3 is 25.8 Å². The summed E-state index contributed by atoms with van der Waals surface area (Å²) in [6.07, 6.45) is 1.79. The van der Waals surface area contributed by atoms with Crippen LogP contribution >= 0.6 is 0 Å². The fraction of sp³-hybridized carbons (Fsp3) is 0.346. The molecule has 8 heteroatoms. The molecule has 4 rings (SSSR count). The molecule has 0 atom stereocenters. The lowest BCUT2D eigenvalue weighted by molar-refractivity contribution is -0.118. The Balaban J connectivity index is 1.43. The second kappa shape index (κ2) is 10.5. The van der Waals surface area contributed by atoms with Gasteiger partial charge in [-0.25, -0.2) is 4.98 Å². The molecule has 1 aromatic heterocycles. The molecule has 3 N–H and O–H groups in total. The van der Waals surface area contributed by atoms with Gasteiger partial charge in [-0.3, -0.25) is 4.79 Å². The number of nitrogens with zero attached hydrogens (tertiary/aromatic N) is 4. The molecule has 0 spiro atoms. The van der Waals surface area contributed by atoms with Crippen molar-refractivity contribution in [1.29, 1.82) is 0 Å². The molecule has 3 aromatic rings. The molecular formula is C26H33N7O. The van der Waals surface area contributed by atoms with Crippen LogP contribution in [-0.2, 0) is 4.79 Å². The zero-order valence-electron chi connectivity index (χ0n) is 20.3. The Bertz CT molecular complexity index is 1120. The van der Waals surface area contributed by atoms with Crippen LogP contribution in [0.15, 0.2) is 54.7 Å². The molecule has 1 aliphatic heterocycles. The van der Waals surface area contributed by atoms with Crippen molar-refractivity contribution in [2.75, 3.05) is 54.1 Å². The van der Waals surface area contributed by atoms with E-state index in [4.69, 9.17) is 0 Å². The Morgan fingerprint density at radius 3 is 2.35 bits per heavy atom. The second-order valence-corrected chi connectivity index (χ2v) is 9.04. The average molecular weight is 460 g/mol. The normalized spacial score (nSPS) is 14.2. The van der Waals surface area contributed by atoms with Crippen LogP contribution in [0.3, 0.4) is 0 Å². The summed E-state index contributed by atoms with van der Waals surface area (Å²) in [6.45, 7) is 9.96. The van der Waals surface area contributed by atoms with E-state index in [2.05, 4.69) is 67.0 Å². The van der Waals surface area contributed by atoms with Crippen LogP contribution < -0.4 is 20.9 Å². The van der Waals surface area contributed by atoms with Crippen LogP contribution in [-0.4, -0.2) is 54.0 Å². The Hall–Kier alpha value is -3.65. The van der Waals surface area contributed by atoms with Crippen molar-refractivity contribution in [2.45, 2.75) is 20.8 Å². The molecular weight excluding hydrogens is 426 g/mol. The molecule has 0 radical (unpaired) electrons. The summed E-state index contributed by atoms with van der Waals surface area (Å²) in [4.78, 5) is 25.9. The van der Waals surface area contributed by atoms with Crippen LogP contribution in [0.2, 0.25) is 0 Å². The minimum absolute atomic E-state index is 0.0134. The van der Waals surface area contributed by atoms with Crippen LogP contribution in [0, 0.1) is 12.8 Å². The van der Waals surface area contributed by atoms with Crippen molar-refractivity contribution in [1.82, 2.24) is 14.9 Å². The van der Waals surface area contributed by atoms with Gasteiger partial charge in [-0.2, -0.15) is 4.98 Å². The van der Waals surface area contributed by atoms with Crippen molar-refractivity contribution in [2.24, 2.45) is 5.92 Å². The number of piperazine rings is 1. The maximum atomic E-state index is 12.0. The Kier molecular flexibility index (Phi) is 7.27. The van der Waals surface area contributed by atoms with Gasteiger partial charge in [0.1, 0.15) is 5.82 Å². The second-order valence-electron chi connectivity index (χ2n) is 9.04. The average Bonchev–Trinajstić information content (AvgIpc) is 2.82. The SMILES string of the molecule is Cc1cnc(Nc2ccc(N3CCN(C)CC3)cc2)nc1Nc1cccc(NC(=O)C(C)C)c1. The monoisotopic (exact) mass is 459 g/mol. The number of rotatable bonds is 7. The Morgan fingerprint density at radius 2 is 1.65 bits per heavy atom. The van der Waals surface area contributed by atoms with Crippen LogP contribution in [0.5, 0.6) is 0 Å².